The highest BCUT2D eigenvalue weighted by Crippen LogP contribution is 2.36. The summed E-state index contributed by atoms with van der Waals surface area (Å²) in [7, 11) is 0. The maximum atomic E-state index is 13.0. The molecule has 1 saturated heterocycles. The summed E-state index contributed by atoms with van der Waals surface area (Å²) in [5.74, 6) is 0.395. The monoisotopic (exact) mass is 339 g/mol. The third-order valence-electron chi connectivity index (χ3n) is 5.76. The van der Waals surface area contributed by atoms with E-state index in [0.29, 0.717) is 31.0 Å². The molecular formula is C20H25N3O2. The summed E-state index contributed by atoms with van der Waals surface area (Å²) >= 11 is 0. The molecule has 1 aromatic heterocycles. The van der Waals surface area contributed by atoms with E-state index >= 15 is 0 Å². The van der Waals surface area contributed by atoms with Crippen LogP contribution in [-0.4, -0.2) is 39.2 Å². The molecule has 1 aliphatic carbocycles. The molecule has 2 aromatic rings. The molecule has 5 heteroatoms. The SMILES string of the molecule is O=C(c1cn[nH]c1C1CCCCC1)N1CCC(O)(c2ccccc2)C1. The highest BCUT2D eigenvalue weighted by atomic mass is 16.3. The maximum absolute atomic E-state index is 13.0. The van der Waals surface area contributed by atoms with Crippen LogP contribution in [0.15, 0.2) is 36.5 Å². The second-order valence-electron chi connectivity index (χ2n) is 7.41. The van der Waals surface area contributed by atoms with Gasteiger partial charge in [-0.1, -0.05) is 49.6 Å². The Hall–Kier alpha value is -2.14. The summed E-state index contributed by atoms with van der Waals surface area (Å²) in [6.45, 7) is 0.907. The lowest BCUT2D eigenvalue weighted by atomic mass is 9.85. The predicted molar refractivity (Wildman–Crippen MR) is 95.3 cm³/mol. The van der Waals surface area contributed by atoms with Crippen molar-refractivity contribution in [2.24, 2.45) is 0 Å². The predicted octanol–water partition coefficient (Wildman–Crippen LogP) is 3.19. The topological polar surface area (TPSA) is 69.2 Å². The number of rotatable bonds is 3. The zero-order chi connectivity index (χ0) is 17.3. The molecule has 0 bridgehead atoms. The third kappa shape index (κ3) is 3.09. The standard InChI is InChI=1S/C20H25N3O2/c24-19(17-13-21-22-18(17)15-7-3-1-4-8-15)23-12-11-20(25,14-23)16-9-5-2-6-10-16/h2,5-6,9-10,13,15,25H,1,3-4,7-8,11-12,14H2,(H,21,22). The Morgan fingerprint density at radius 1 is 1.20 bits per heavy atom. The average molecular weight is 339 g/mol. The molecule has 5 nitrogen and oxygen atoms in total. The third-order valence-corrected chi connectivity index (χ3v) is 5.76. The number of nitrogens with zero attached hydrogens (tertiary/aromatic N) is 2. The minimum Gasteiger partial charge on any atom is -0.383 e. The Kier molecular flexibility index (Phi) is 4.34. The quantitative estimate of drug-likeness (QED) is 0.902. The van der Waals surface area contributed by atoms with Crippen LogP contribution in [0.25, 0.3) is 0 Å². The van der Waals surface area contributed by atoms with Crippen LogP contribution in [0.2, 0.25) is 0 Å². The lowest BCUT2D eigenvalue weighted by molar-refractivity contribution is 0.0417. The summed E-state index contributed by atoms with van der Waals surface area (Å²) in [6, 6.07) is 9.65. The molecule has 0 radical (unpaired) electrons. The molecule has 132 valence electrons. The highest BCUT2D eigenvalue weighted by molar-refractivity contribution is 5.95. The van der Waals surface area contributed by atoms with Gasteiger partial charge in [-0.3, -0.25) is 9.89 Å². The molecule has 2 N–H and O–H groups in total. The number of amides is 1. The first-order valence-electron chi connectivity index (χ1n) is 9.28. The molecule has 4 rings (SSSR count). The summed E-state index contributed by atoms with van der Waals surface area (Å²) < 4.78 is 0. The molecule has 1 amide bonds. The van der Waals surface area contributed by atoms with Crippen LogP contribution in [-0.2, 0) is 5.60 Å². The number of aromatic nitrogens is 2. The second kappa shape index (κ2) is 6.64. The van der Waals surface area contributed by atoms with Gasteiger partial charge in [-0.15, -0.1) is 0 Å². The molecule has 1 aromatic carbocycles. The van der Waals surface area contributed by atoms with E-state index in [4.69, 9.17) is 0 Å². The van der Waals surface area contributed by atoms with Crippen molar-refractivity contribution >= 4 is 5.91 Å². The molecule has 1 saturated carbocycles. The van der Waals surface area contributed by atoms with Crippen LogP contribution in [0.5, 0.6) is 0 Å². The van der Waals surface area contributed by atoms with Crippen molar-refractivity contribution in [2.45, 2.75) is 50.0 Å². The van der Waals surface area contributed by atoms with Crippen LogP contribution < -0.4 is 0 Å². The number of aliphatic hydroxyl groups is 1. The van der Waals surface area contributed by atoms with Crippen molar-refractivity contribution in [3.8, 4) is 0 Å². The molecule has 2 heterocycles. The maximum Gasteiger partial charge on any atom is 0.257 e. The number of hydrogen-bond donors (Lipinski definition) is 2. The van der Waals surface area contributed by atoms with E-state index in [-0.39, 0.29) is 5.91 Å². The lowest BCUT2D eigenvalue weighted by Crippen LogP contribution is -2.34. The summed E-state index contributed by atoms with van der Waals surface area (Å²) in [6.07, 6.45) is 8.19. The van der Waals surface area contributed by atoms with Crippen molar-refractivity contribution in [3.63, 3.8) is 0 Å². The van der Waals surface area contributed by atoms with Crippen LogP contribution in [0.1, 0.15) is 66.1 Å². The number of hydrogen-bond acceptors (Lipinski definition) is 3. The smallest absolute Gasteiger partial charge is 0.257 e. The van der Waals surface area contributed by atoms with Crippen molar-refractivity contribution in [1.82, 2.24) is 15.1 Å². The highest BCUT2D eigenvalue weighted by Gasteiger charge is 2.40. The molecule has 1 unspecified atom stereocenters. The fourth-order valence-electron chi connectivity index (χ4n) is 4.29. The second-order valence-corrected chi connectivity index (χ2v) is 7.41. The fourth-order valence-corrected chi connectivity index (χ4v) is 4.29. The molecule has 25 heavy (non-hydrogen) atoms. The van der Waals surface area contributed by atoms with E-state index in [0.717, 1.165) is 24.1 Å². The number of nitrogens with one attached hydrogen (secondary N) is 1. The van der Waals surface area contributed by atoms with Gasteiger partial charge in [0, 0.05) is 12.5 Å². The summed E-state index contributed by atoms with van der Waals surface area (Å²) in [5.41, 5.74) is 1.60. The van der Waals surface area contributed by atoms with Crippen LogP contribution in [0.4, 0.5) is 0 Å². The van der Waals surface area contributed by atoms with Gasteiger partial charge in [0.05, 0.1) is 24.0 Å². The van der Waals surface area contributed by atoms with Crippen molar-refractivity contribution in [1.29, 1.82) is 0 Å². The molecule has 2 aliphatic rings. The van der Waals surface area contributed by atoms with Gasteiger partial charge in [0.25, 0.3) is 5.91 Å². The van der Waals surface area contributed by atoms with E-state index in [1.165, 1.54) is 19.3 Å². The number of carbonyl (C=O) groups excluding carboxylic acids is 1. The van der Waals surface area contributed by atoms with Gasteiger partial charge in [0.1, 0.15) is 5.60 Å². The van der Waals surface area contributed by atoms with Gasteiger partial charge in [0.2, 0.25) is 0 Å². The first kappa shape index (κ1) is 16.3. The van der Waals surface area contributed by atoms with Gasteiger partial charge >= 0.3 is 0 Å². The van der Waals surface area contributed by atoms with Crippen molar-refractivity contribution < 1.29 is 9.90 Å². The van der Waals surface area contributed by atoms with Gasteiger partial charge in [0.15, 0.2) is 0 Å². The van der Waals surface area contributed by atoms with Gasteiger partial charge in [-0.2, -0.15) is 5.10 Å². The minimum atomic E-state index is -0.953. The van der Waals surface area contributed by atoms with Crippen molar-refractivity contribution in [3.05, 3.63) is 53.3 Å². The fraction of sp³-hybridized carbons (Fsp3) is 0.500. The molecule has 1 aliphatic heterocycles. The average Bonchev–Trinajstić information content (AvgIpc) is 3.30. The van der Waals surface area contributed by atoms with Gasteiger partial charge in [-0.25, -0.2) is 0 Å². The van der Waals surface area contributed by atoms with E-state index in [2.05, 4.69) is 10.2 Å². The Bertz CT molecular complexity index is 736. The first-order chi connectivity index (χ1) is 12.2. The number of benzene rings is 1. The normalized spacial score (nSPS) is 24.6. The minimum absolute atomic E-state index is 0.0128. The van der Waals surface area contributed by atoms with Gasteiger partial charge in [-0.05, 0) is 24.8 Å². The van der Waals surface area contributed by atoms with E-state index in [1.807, 2.05) is 30.3 Å². The molecular weight excluding hydrogens is 314 g/mol. The van der Waals surface area contributed by atoms with Crippen LogP contribution in [0.3, 0.4) is 0 Å². The zero-order valence-corrected chi connectivity index (χ0v) is 14.4. The molecule has 1 atom stereocenters. The summed E-state index contributed by atoms with van der Waals surface area (Å²) in [4.78, 5) is 14.8. The first-order valence-corrected chi connectivity index (χ1v) is 9.28. The molecule has 0 spiro atoms. The largest absolute Gasteiger partial charge is 0.383 e. The van der Waals surface area contributed by atoms with E-state index in [1.54, 1.807) is 11.1 Å². The zero-order valence-electron chi connectivity index (χ0n) is 14.4. The number of carbonyl (C=O) groups is 1. The number of H-pyrrole nitrogens is 1. The van der Waals surface area contributed by atoms with E-state index < -0.39 is 5.60 Å². The van der Waals surface area contributed by atoms with E-state index in [9.17, 15) is 9.90 Å². The Morgan fingerprint density at radius 2 is 1.96 bits per heavy atom. The van der Waals surface area contributed by atoms with Crippen LogP contribution in [0, 0.1) is 0 Å². The Balaban J connectivity index is 1.52. The van der Waals surface area contributed by atoms with Crippen molar-refractivity contribution in [2.75, 3.05) is 13.1 Å². The number of aromatic amines is 1. The van der Waals surface area contributed by atoms with Gasteiger partial charge < -0.3 is 10.0 Å². The molecule has 2 fully saturated rings. The lowest BCUT2D eigenvalue weighted by Gasteiger charge is -2.25. The Labute approximate surface area is 148 Å². The summed E-state index contributed by atoms with van der Waals surface area (Å²) in [5, 5.41) is 18.2. The van der Waals surface area contributed by atoms with Crippen LogP contribution >= 0.6 is 0 Å². The number of β-amino-alcohol motifs (C(OH)–C–C–N with tert-alkyl or cyclic N) is 1. The number of likely N-dealkylation sites (tertiary alicyclic amines) is 1. The Morgan fingerprint density at radius 3 is 2.72 bits per heavy atom.